The quantitative estimate of drug-likeness (QED) is 0.565. The van der Waals surface area contributed by atoms with Gasteiger partial charge in [-0.1, -0.05) is 0 Å². The number of nitrogens with zero attached hydrogens (tertiary/aromatic N) is 1. The van der Waals surface area contributed by atoms with Gasteiger partial charge < -0.3 is 9.84 Å². The number of aliphatic imine (C=N–C) groups is 1. The van der Waals surface area contributed by atoms with Crippen LogP contribution in [-0.4, -0.2) is 36.8 Å². The molecule has 1 unspecified atom stereocenters. The van der Waals surface area contributed by atoms with Crippen LogP contribution in [0.4, 0.5) is 0 Å². The second-order valence-electron chi connectivity index (χ2n) is 2.18. The Morgan fingerprint density at radius 1 is 1.91 bits per heavy atom. The van der Waals surface area contributed by atoms with Crippen LogP contribution in [0.5, 0.6) is 0 Å². The third kappa shape index (κ3) is 1.38. The van der Waals surface area contributed by atoms with Gasteiger partial charge in [0.05, 0.1) is 0 Å². The van der Waals surface area contributed by atoms with E-state index in [2.05, 4.69) is 10.3 Å². The van der Waals surface area contributed by atoms with Crippen molar-refractivity contribution in [3.05, 3.63) is 0 Å². The Morgan fingerprint density at radius 3 is 2.91 bits per heavy atom. The van der Waals surface area contributed by atoms with Crippen molar-refractivity contribution in [2.45, 2.75) is 12.3 Å². The van der Waals surface area contributed by atoms with Gasteiger partial charge in [-0.3, -0.25) is 5.32 Å². The number of rotatable bonds is 2. The number of carboxylic acids is 1. The van der Waals surface area contributed by atoms with Gasteiger partial charge in [0.2, 0.25) is 0 Å². The largest absolute Gasteiger partial charge is 0.477 e. The summed E-state index contributed by atoms with van der Waals surface area (Å²) in [5, 5.41) is 11.3. The molecule has 0 aromatic carbocycles. The van der Waals surface area contributed by atoms with Gasteiger partial charge >= 0.3 is 11.8 Å². The molecule has 11 heavy (non-hydrogen) atoms. The summed E-state index contributed by atoms with van der Waals surface area (Å²) in [7, 11) is 1.31. The highest BCUT2D eigenvalue weighted by Crippen LogP contribution is 2.10. The fourth-order valence-corrected chi connectivity index (χ4v) is 0.888. The zero-order chi connectivity index (χ0) is 8.32. The minimum atomic E-state index is -1.54. The summed E-state index contributed by atoms with van der Waals surface area (Å²) in [5.41, 5.74) is 0. The Morgan fingerprint density at radius 2 is 2.64 bits per heavy atom. The van der Waals surface area contributed by atoms with Gasteiger partial charge in [-0.15, -0.1) is 0 Å². The average Bonchev–Trinajstić information content (AvgIpc) is 2.05. The topological polar surface area (TPSA) is 70.9 Å². The van der Waals surface area contributed by atoms with E-state index in [1.165, 1.54) is 7.11 Å². The van der Waals surface area contributed by atoms with Gasteiger partial charge in [0.25, 0.3) is 0 Å². The Hall–Kier alpha value is -0.940. The number of methoxy groups -OCH3 is 1. The van der Waals surface area contributed by atoms with Crippen molar-refractivity contribution in [1.29, 1.82) is 0 Å². The molecule has 1 aliphatic rings. The molecule has 62 valence electrons. The first-order valence-corrected chi connectivity index (χ1v) is 3.28. The molecule has 0 amide bonds. The monoisotopic (exact) mass is 158 g/mol. The minimum Gasteiger partial charge on any atom is -0.477 e. The highest BCUT2D eigenvalue weighted by molar-refractivity contribution is 5.79. The van der Waals surface area contributed by atoms with Crippen molar-refractivity contribution in [3.8, 4) is 0 Å². The van der Waals surface area contributed by atoms with E-state index in [0.717, 1.165) is 6.42 Å². The molecule has 5 nitrogen and oxygen atoms in total. The van der Waals surface area contributed by atoms with E-state index < -0.39 is 11.8 Å². The fourth-order valence-electron chi connectivity index (χ4n) is 0.888. The molecule has 0 aromatic heterocycles. The lowest BCUT2D eigenvalue weighted by molar-refractivity contribution is -0.166. The van der Waals surface area contributed by atoms with Crippen LogP contribution in [0.2, 0.25) is 0 Å². The number of hydrogen-bond donors (Lipinski definition) is 2. The molecule has 1 rings (SSSR count). The van der Waals surface area contributed by atoms with Crippen molar-refractivity contribution in [2.24, 2.45) is 4.99 Å². The van der Waals surface area contributed by atoms with Gasteiger partial charge in [-0.2, -0.15) is 0 Å². The van der Waals surface area contributed by atoms with Crippen LogP contribution in [0, 0.1) is 0 Å². The molecular weight excluding hydrogens is 148 g/mol. The van der Waals surface area contributed by atoms with E-state index in [0.29, 0.717) is 6.54 Å². The predicted molar refractivity (Wildman–Crippen MR) is 38.5 cm³/mol. The Balaban J connectivity index is 2.81. The van der Waals surface area contributed by atoms with Crippen LogP contribution in [0.15, 0.2) is 4.99 Å². The van der Waals surface area contributed by atoms with Crippen molar-refractivity contribution < 1.29 is 14.6 Å². The van der Waals surface area contributed by atoms with Gasteiger partial charge in [0, 0.05) is 19.9 Å². The molecule has 5 heteroatoms. The maximum Gasteiger partial charge on any atom is 0.376 e. The van der Waals surface area contributed by atoms with Crippen molar-refractivity contribution in [3.63, 3.8) is 0 Å². The van der Waals surface area contributed by atoms with Crippen molar-refractivity contribution in [2.75, 3.05) is 13.7 Å². The standard InChI is InChI=1S/C6H10N2O3/c1-11-6(5(9)10)7-3-2-4-8-6/h3,8H,2,4H2,1H3,(H,9,10). The summed E-state index contributed by atoms with van der Waals surface area (Å²) in [6, 6.07) is 0. The van der Waals surface area contributed by atoms with E-state index in [1.807, 2.05) is 0 Å². The molecule has 0 fully saturated rings. The molecule has 1 atom stereocenters. The van der Waals surface area contributed by atoms with Gasteiger partial charge in [-0.05, 0) is 6.42 Å². The number of carbonyl (C=O) groups is 1. The lowest BCUT2D eigenvalue weighted by atomic mass is 10.3. The van der Waals surface area contributed by atoms with E-state index >= 15 is 0 Å². The van der Waals surface area contributed by atoms with E-state index in [1.54, 1.807) is 6.21 Å². The zero-order valence-electron chi connectivity index (χ0n) is 6.20. The lowest BCUT2D eigenvalue weighted by Crippen LogP contribution is -2.54. The number of hydrogen-bond acceptors (Lipinski definition) is 4. The lowest BCUT2D eigenvalue weighted by Gasteiger charge is -2.26. The summed E-state index contributed by atoms with van der Waals surface area (Å²) in [4.78, 5) is 14.3. The van der Waals surface area contributed by atoms with Crippen LogP contribution >= 0.6 is 0 Å². The maximum atomic E-state index is 10.6. The SMILES string of the molecule is COC1(C(=O)O)N=CCCN1. The van der Waals surface area contributed by atoms with Crippen molar-refractivity contribution in [1.82, 2.24) is 5.32 Å². The van der Waals surface area contributed by atoms with Gasteiger partial charge in [-0.25, -0.2) is 9.79 Å². The summed E-state index contributed by atoms with van der Waals surface area (Å²) in [5.74, 6) is -2.66. The predicted octanol–water partition coefficient (Wildman–Crippen LogP) is -0.565. The number of aliphatic carboxylic acids is 1. The number of carboxylic acid groups (broad SMARTS) is 1. The molecule has 0 aliphatic carbocycles. The summed E-state index contributed by atoms with van der Waals surface area (Å²) < 4.78 is 4.73. The Kier molecular flexibility index (Phi) is 2.21. The Bertz CT molecular complexity index is 192. The second kappa shape index (κ2) is 2.98. The van der Waals surface area contributed by atoms with Crippen LogP contribution < -0.4 is 5.32 Å². The fraction of sp³-hybridized carbons (Fsp3) is 0.667. The molecule has 0 saturated carbocycles. The van der Waals surface area contributed by atoms with Crippen LogP contribution in [0.3, 0.4) is 0 Å². The molecule has 0 bridgehead atoms. The summed E-state index contributed by atoms with van der Waals surface area (Å²) in [6.07, 6.45) is 2.28. The van der Waals surface area contributed by atoms with E-state index in [9.17, 15) is 4.79 Å². The molecule has 0 aromatic rings. The van der Waals surface area contributed by atoms with E-state index in [4.69, 9.17) is 9.84 Å². The third-order valence-electron chi connectivity index (χ3n) is 1.50. The highest BCUT2D eigenvalue weighted by Gasteiger charge is 2.38. The van der Waals surface area contributed by atoms with Crippen LogP contribution in [-0.2, 0) is 9.53 Å². The Labute approximate surface area is 64.1 Å². The van der Waals surface area contributed by atoms with E-state index in [-0.39, 0.29) is 0 Å². The zero-order valence-corrected chi connectivity index (χ0v) is 6.20. The van der Waals surface area contributed by atoms with Gasteiger partial charge in [0.1, 0.15) is 0 Å². The molecule has 1 heterocycles. The highest BCUT2D eigenvalue weighted by atomic mass is 16.5. The molecule has 2 N–H and O–H groups in total. The minimum absolute atomic E-state index is 0.573. The normalized spacial score (nSPS) is 30.3. The van der Waals surface area contributed by atoms with Gasteiger partial charge in [0.15, 0.2) is 0 Å². The molecule has 1 aliphatic heterocycles. The molecular formula is C6H10N2O3. The van der Waals surface area contributed by atoms with Crippen LogP contribution in [0.25, 0.3) is 0 Å². The molecule has 0 radical (unpaired) electrons. The smallest absolute Gasteiger partial charge is 0.376 e. The number of nitrogens with one attached hydrogen (secondary N) is 1. The first-order chi connectivity index (χ1) is 5.21. The van der Waals surface area contributed by atoms with Crippen molar-refractivity contribution >= 4 is 12.2 Å². The maximum absolute atomic E-state index is 10.6. The molecule has 0 saturated heterocycles. The first kappa shape index (κ1) is 8.16. The third-order valence-corrected chi connectivity index (χ3v) is 1.50. The first-order valence-electron chi connectivity index (χ1n) is 3.28. The number of ether oxygens (including phenoxy) is 1. The summed E-state index contributed by atoms with van der Waals surface area (Å²) in [6.45, 7) is 0.573. The molecule has 0 spiro atoms. The summed E-state index contributed by atoms with van der Waals surface area (Å²) >= 11 is 0. The van der Waals surface area contributed by atoms with Crippen LogP contribution in [0.1, 0.15) is 6.42 Å². The average molecular weight is 158 g/mol. The second-order valence-corrected chi connectivity index (χ2v) is 2.18.